The second-order valence-corrected chi connectivity index (χ2v) is 6.66. The Morgan fingerprint density at radius 1 is 1.00 bits per heavy atom. The van der Waals surface area contributed by atoms with Crippen LogP contribution in [0, 0.1) is 0 Å². The smallest absolute Gasteiger partial charge is 0.255 e. The molecular formula is C17H22N2O5. The van der Waals surface area contributed by atoms with E-state index in [9.17, 15) is 15.0 Å². The standard InChI is InChI=1S/C17H22N2O5/c1-23-18-13-9-5-6-10-14(13)19(24-2)17(22)15(20)11-7-3-4-8-12(11)16(17,18)21/h3-4,7-8,13-14,21-22H,5-6,9-10H2,1-2H3/t13-,14+,16+,17-/m0/s1. The number of nitrogens with zero attached hydrogens (tertiary/aromatic N) is 2. The molecule has 1 aromatic carbocycles. The molecule has 0 bridgehead atoms. The van der Waals surface area contributed by atoms with Gasteiger partial charge in [0.05, 0.1) is 26.3 Å². The van der Waals surface area contributed by atoms with E-state index in [4.69, 9.17) is 9.68 Å². The Morgan fingerprint density at radius 2 is 1.54 bits per heavy atom. The maximum Gasteiger partial charge on any atom is 0.255 e. The van der Waals surface area contributed by atoms with Crippen molar-refractivity contribution in [2.75, 3.05) is 14.2 Å². The lowest BCUT2D eigenvalue weighted by Gasteiger charge is -2.59. The predicted octanol–water partition coefficient (Wildman–Crippen LogP) is 0.768. The molecule has 2 fully saturated rings. The Hall–Kier alpha value is -1.35. The molecule has 1 saturated carbocycles. The third kappa shape index (κ3) is 1.64. The molecule has 0 unspecified atom stereocenters. The van der Waals surface area contributed by atoms with Crippen molar-refractivity contribution >= 4 is 5.78 Å². The summed E-state index contributed by atoms with van der Waals surface area (Å²) in [5, 5.41) is 25.7. The van der Waals surface area contributed by atoms with Crippen molar-refractivity contribution in [1.82, 2.24) is 10.1 Å². The minimum absolute atomic E-state index is 0.187. The normalized spacial score (nSPS) is 39.4. The maximum absolute atomic E-state index is 13.0. The van der Waals surface area contributed by atoms with Gasteiger partial charge in [-0.3, -0.25) is 14.5 Å². The first-order chi connectivity index (χ1) is 11.5. The number of hydroxylamine groups is 4. The molecule has 0 spiro atoms. The first-order valence-corrected chi connectivity index (χ1v) is 8.27. The zero-order valence-corrected chi connectivity index (χ0v) is 13.8. The SMILES string of the molecule is CON1[C@@H]2CCCC[C@@H]2N(OC)[C@@]2(O)c3ccccc3C(=O)[C@@]12O. The molecule has 130 valence electrons. The molecule has 2 N–H and O–H groups in total. The number of hydrogen-bond donors (Lipinski definition) is 2. The number of carbonyl (C=O) groups excluding carboxylic acids is 1. The van der Waals surface area contributed by atoms with E-state index in [1.54, 1.807) is 24.3 Å². The molecule has 4 rings (SSSR count). The van der Waals surface area contributed by atoms with E-state index in [2.05, 4.69) is 0 Å². The van der Waals surface area contributed by atoms with Gasteiger partial charge in [-0.1, -0.05) is 37.1 Å². The molecule has 1 aliphatic heterocycles. The van der Waals surface area contributed by atoms with Crippen LogP contribution < -0.4 is 0 Å². The van der Waals surface area contributed by atoms with Gasteiger partial charge in [0.2, 0.25) is 11.5 Å². The van der Waals surface area contributed by atoms with Gasteiger partial charge < -0.3 is 10.2 Å². The van der Waals surface area contributed by atoms with E-state index in [-0.39, 0.29) is 17.6 Å². The van der Waals surface area contributed by atoms with E-state index >= 15 is 0 Å². The number of hydrogen-bond acceptors (Lipinski definition) is 7. The molecule has 1 heterocycles. The summed E-state index contributed by atoms with van der Waals surface area (Å²) in [6.07, 6.45) is 3.49. The number of rotatable bonds is 2. The van der Waals surface area contributed by atoms with Gasteiger partial charge in [-0.2, -0.15) is 0 Å². The highest BCUT2D eigenvalue weighted by molar-refractivity contribution is 6.08. The van der Waals surface area contributed by atoms with Crippen molar-refractivity contribution < 1.29 is 24.7 Å². The Kier molecular flexibility index (Phi) is 3.58. The first-order valence-electron chi connectivity index (χ1n) is 8.27. The lowest BCUT2D eigenvalue weighted by atomic mass is 9.81. The van der Waals surface area contributed by atoms with Crippen LogP contribution in [0.2, 0.25) is 0 Å². The molecule has 4 atom stereocenters. The third-order valence-electron chi connectivity index (χ3n) is 5.68. The summed E-state index contributed by atoms with van der Waals surface area (Å²) in [5.41, 5.74) is -3.65. The van der Waals surface area contributed by atoms with E-state index in [1.807, 2.05) is 0 Å². The highest BCUT2D eigenvalue weighted by Crippen LogP contribution is 2.54. The summed E-state index contributed by atoms with van der Waals surface area (Å²) in [7, 11) is 2.88. The number of carbonyl (C=O) groups is 1. The van der Waals surface area contributed by atoms with E-state index < -0.39 is 17.2 Å². The zero-order chi connectivity index (χ0) is 17.1. The summed E-state index contributed by atoms with van der Waals surface area (Å²) < 4.78 is 0. The van der Waals surface area contributed by atoms with Crippen LogP contribution in [0.5, 0.6) is 0 Å². The second kappa shape index (κ2) is 5.32. The molecule has 7 heteroatoms. The van der Waals surface area contributed by atoms with Crippen molar-refractivity contribution in [3.05, 3.63) is 35.4 Å². The predicted molar refractivity (Wildman–Crippen MR) is 83.4 cm³/mol. The number of piperazine rings is 1. The number of ketones is 1. The Bertz CT molecular complexity index is 683. The van der Waals surface area contributed by atoms with Crippen molar-refractivity contribution in [3.8, 4) is 0 Å². The fourth-order valence-electron chi connectivity index (χ4n) is 4.70. The highest BCUT2D eigenvalue weighted by Gasteiger charge is 2.75. The molecule has 0 radical (unpaired) electrons. The lowest BCUT2D eigenvalue weighted by Crippen LogP contribution is -2.79. The van der Waals surface area contributed by atoms with Crippen LogP contribution >= 0.6 is 0 Å². The van der Waals surface area contributed by atoms with Crippen LogP contribution in [0.25, 0.3) is 0 Å². The van der Waals surface area contributed by atoms with Crippen molar-refractivity contribution in [2.24, 2.45) is 0 Å². The molecule has 1 saturated heterocycles. The van der Waals surface area contributed by atoms with Gasteiger partial charge >= 0.3 is 0 Å². The molecule has 7 nitrogen and oxygen atoms in total. The fourth-order valence-corrected chi connectivity index (χ4v) is 4.70. The van der Waals surface area contributed by atoms with Crippen LogP contribution in [0.4, 0.5) is 0 Å². The molecule has 2 aliphatic carbocycles. The van der Waals surface area contributed by atoms with Gasteiger partial charge in [-0.05, 0) is 12.8 Å². The summed E-state index contributed by atoms with van der Waals surface area (Å²) >= 11 is 0. The van der Waals surface area contributed by atoms with Gasteiger partial charge in [-0.25, -0.2) is 0 Å². The van der Waals surface area contributed by atoms with Gasteiger partial charge in [0, 0.05) is 11.1 Å². The lowest BCUT2D eigenvalue weighted by molar-refractivity contribution is -0.455. The zero-order valence-electron chi connectivity index (χ0n) is 13.8. The summed E-state index contributed by atoms with van der Waals surface area (Å²) in [6.45, 7) is 0. The minimum Gasteiger partial charge on any atom is -0.366 e. The molecule has 1 aromatic rings. The average Bonchev–Trinajstić information content (AvgIpc) is 2.79. The van der Waals surface area contributed by atoms with Crippen LogP contribution in [-0.4, -0.2) is 58.2 Å². The molecular weight excluding hydrogens is 312 g/mol. The van der Waals surface area contributed by atoms with Crippen LogP contribution in [0.3, 0.4) is 0 Å². The quantitative estimate of drug-likeness (QED) is 0.826. The number of aliphatic hydroxyl groups is 2. The van der Waals surface area contributed by atoms with Crippen LogP contribution in [-0.2, 0) is 15.4 Å². The number of fused-ring (bicyclic) bond motifs is 4. The van der Waals surface area contributed by atoms with Crippen molar-refractivity contribution in [1.29, 1.82) is 0 Å². The second-order valence-electron chi connectivity index (χ2n) is 6.66. The summed E-state index contributed by atoms with van der Waals surface area (Å²) in [5.74, 6) is -0.575. The topological polar surface area (TPSA) is 82.5 Å². The average molecular weight is 334 g/mol. The third-order valence-corrected chi connectivity index (χ3v) is 5.68. The van der Waals surface area contributed by atoms with Gasteiger partial charge in [-0.15, -0.1) is 10.1 Å². The Labute approximate surface area is 140 Å². The van der Waals surface area contributed by atoms with Crippen LogP contribution in [0.15, 0.2) is 24.3 Å². The summed E-state index contributed by atoms with van der Waals surface area (Å²) in [6, 6.07) is 6.27. The maximum atomic E-state index is 13.0. The fraction of sp³-hybridized carbons (Fsp3) is 0.588. The van der Waals surface area contributed by atoms with Gasteiger partial charge in [0.15, 0.2) is 0 Å². The first kappa shape index (κ1) is 16.1. The Morgan fingerprint density at radius 3 is 2.12 bits per heavy atom. The molecule has 0 aromatic heterocycles. The Balaban J connectivity index is 1.97. The van der Waals surface area contributed by atoms with Crippen LogP contribution in [0.1, 0.15) is 41.6 Å². The van der Waals surface area contributed by atoms with Gasteiger partial charge in [0.25, 0.3) is 5.72 Å². The largest absolute Gasteiger partial charge is 0.366 e. The van der Waals surface area contributed by atoms with E-state index in [0.717, 1.165) is 25.7 Å². The van der Waals surface area contributed by atoms with Gasteiger partial charge in [0.1, 0.15) is 0 Å². The highest BCUT2D eigenvalue weighted by atomic mass is 16.7. The molecule has 0 amide bonds. The molecule has 3 aliphatic rings. The van der Waals surface area contributed by atoms with Crippen molar-refractivity contribution in [3.63, 3.8) is 0 Å². The summed E-state index contributed by atoms with van der Waals surface area (Å²) in [4.78, 5) is 24.0. The number of benzene rings is 1. The van der Waals surface area contributed by atoms with Crippen molar-refractivity contribution in [2.45, 2.75) is 49.2 Å². The van der Waals surface area contributed by atoms with E-state index in [0.29, 0.717) is 5.56 Å². The molecule has 24 heavy (non-hydrogen) atoms. The monoisotopic (exact) mass is 334 g/mol. The minimum atomic E-state index is -2.25. The van der Waals surface area contributed by atoms with E-state index in [1.165, 1.54) is 24.3 Å². The number of Topliss-reactive ketones (excluding diaryl/α,β-unsaturated/α-hetero) is 1.